The number of anilines is 1. The molecule has 1 atom stereocenters. The highest BCUT2D eigenvalue weighted by atomic mass is 127. The van der Waals surface area contributed by atoms with Gasteiger partial charge in [-0.05, 0) is 36.8 Å². The molecule has 0 aromatic carbocycles. The van der Waals surface area contributed by atoms with Gasteiger partial charge in [-0.3, -0.25) is 0 Å². The van der Waals surface area contributed by atoms with Crippen molar-refractivity contribution in [3.63, 3.8) is 0 Å². The van der Waals surface area contributed by atoms with E-state index in [4.69, 9.17) is 11.6 Å². The van der Waals surface area contributed by atoms with Crippen LogP contribution in [0.5, 0.6) is 0 Å². The molecule has 0 bridgehead atoms. The number of rotatable bonds is 7. The van der Waals surface area contributed by atoms with Crippen molar-refractivity contribution in [2.75, 3.05) is 32.1 Å². The Labute approximate surface area is 180 Å². The Kier molecular flexibility index (Phi) is 10.2. The zero-order chi connectivity index (χ0) is 18.2. The van der Waals surface area contributed by atoms with E-state index in [2.05, 4.69) is 20.6 Å². The first-order valence-corrected chi connectivity index (χ1v) is 9.26. The maximum atomic E-state index is 10.2. The SMILES string of the molecule is CCNC(=NCc1ccnc(N(C)C)c1)NCC(O)c1ccc(Cl)s1.I. The van der Waals surface area contributed by atoms with Gasteiger partial charge in [-0.2, -0.15) is 0 Å². The van der Waals surface area contributed by atoms with Crippen LogP contribution in [0.15, 0.2) is 35.5 Å². The topological polar surface area (TPSA) is 72.8 Å². The number of hydrogen-bond acceptors (Lipinski definition) is 5. The highest BCUT2D eigenvalue weighted by Crippen LogP contribution is 2.26. The Morgan fingerprint density at radius 2 is 2.12 bits per heavy atom. The molecular formula is C17H25ClIN5OS. The Bertz CT molecular complexity index is 710. The summed E-state index contributed by atoms with van der Waals surface area (Å²) in [6, 6.07) is 7.58. The van der Waals surface area contributed by atoms with Crippen LogP contribution in [-0.2, 0) is 6.54 Å². The first-order chi connectivity index (χ1) is 12.0. The lowest BCUT2D eigenvalue weighted by molar-refractivity contribution is 0.184. The number of aliphatic hydroxyl groups is 1. The summed E-state index contributed by atoms with van der Waals surface area (Å²) in [4.78, 5) is 11.7. The molecule has 6 nitrogen and oxygen atoms in total. The maximum absolute atomic E-state index is 10.2. The van der Waals surface area contributed by atoms with E-state index in [1.807, 2.05) is 44.1 Å². The first-order valence-electron chi connectivity index (χ1n) is 8.07. The summed E-state index contributed by atoms with van der Waals surface area (Å²) in [7, 11) is 3.92. The van der Waals surface area contributed by atoms with Gasteiger partial charge in [-0.25, -0.2) is 9.98 Å². The summed E-state index contributed by atoms with van der Waals surface area (Å²) in [6.45, 7) is 3.64. The number of pyridine rings is 1. The van der Waals surface area contributed by atoms with E-state index < -0.39 is 6.10 Å². The standard InChI is InChI=1S/C17H24ClN5OS.HI/c1-4-19-17(22-11-13(24)14-5-6-15(18)25-14)21-10-12-7-8-20-16(9-12)23(2)3;/h5-9,13,24H,4,10-11H2,1-3H3,(H2,19,21,22);1H. The molecule has 26 heavy (non-hydrogen) atoms. The third-order valence-corrected chi connectivity index (χ3v) is 4.75. The molecule has 2 rings (SSSR count). The van der Waals surface area contributed by atoms with E-state index >= 15 is 0 Å². The number of nitrogens with zero attached hydrogens (tertiary/aromatic N) is 3. The molecule has 2 aromatic heterocycles. The Hall–Kier alpha value is -1.10. The normalized spacial score (nSPS) is 12.3. The van der Waals surface area contributed by atoms with Crippen molar-refractivity contribution < 1.29 is 5.11 Å². The molecule has 0 amide bonds. The zero-order valence-corrected chi connectivity index (χ0v) is 19.0. The number of hydrogen-bond donors (Lipinski definition) is 3. The van der Waals surface area contributed by atoms with Crippen molar-refractivity contribution in [1.29, 1.82) is 0 Å². The first kappa shape index (κ1) is 22.9. The number of aromatic nitrogens is 1. The summed E-state index contributed by atoms with van der Waals surface area (Å²) in [6.07, 6.45) is 1.16. The number of thiophene rings is 1. The number of nitrogens with one attached hydrogen (secondary N) is 2. The molecule has 0 aliphatic carbocycles. The molecule has 0 fully saturated rings. The van der Waals surface area contributed by atoms with Gasteiger partial charge in [-0.1, -0.05) is 11.6 Å². The van der Waals surface area contributed by atoms with Crippen LogP contribution >= 0.6 is 46.9 Å². The second-order valence-electron chi connectivity index (χ2n) is 5.65. The van der Waals surface area contributed by atoms with Crippen molar-refractivity contribution in [2.24, 2.45) is 4.99 Å². The summed E-state index contributed by atoms with van der Waals surface area (Å²) < 4.78 is 0.670. The molecule has 0 saturated carbocycles. The van der Waals surface area contributed by atoms with Gasteiger partial charge in [0.25, 0.3) is 0 Å². The monoisotopic (exact) mass is 509 g/mol. The molecule has 0 aliphatic heterocycles. The average Bonchev–Trinajstić information content (AvgIpc) is 3.04. The molecule has 2 aromatic rings. The molecule has 9 heteroatoms. The van der Waals surface area contributed by atoms with E-state index in [1.54, 1.807) is 12.3 Å². The van der Waals surface area contributed by atoms with Gasteiger partial charge in [0.1, 0.15) is 11.9 Å². The maximum Gasteiger partial charge on any atom is 0.191 e. The largest absolute Gasteiger partial charge is 0.386 e. The van der Waals surface area contributed by atoms with Crippen LogP contribution in [0.2, 0.25) is 4.34 Å². The highest BCUT2D eigenvalue weighted by Gasteiger charge is 2.11. The van der Waals surface area contributed by atoms with Gasteiger partial charge < -0.3 is 20.6 Å². The highest BCUT2D eigenvalue weighted by molar-refractivity contribution is 14.0. The number of halogens is 2. The fourth-order valence-electron chi connectivity index (χ4n) is 2.12. The predicted octanol–water partition coefficient (Wildman–Crippen LogP) is 3.27. The predicted molar refractivity (Wildman–Crippen MR) is 121 cm³/mol. The van der Waals surface area contributed by atoms with E-state index in [9.17, 15) is 5.11 Å². The van der Waals surface area contributed by atoms with Gasteiger partial charge in [0.2, 0.25) is 0 Å². The van der Waals surface area contributed by atoms with Gasteiger partial charge >= 0.3 is 0 Å². The van der Waals surface area contributed by atoms with Gasteiger partial charge in [0, 0.05) is 38.3 Å². The van der Waals surface area contributed by atoms with Gasteiger partial charge in [0.05, 0.1) is 10.9 Å². The summed E-state index contributed by atoms with van der Waals surface area (Å²) >= 11 is 7.29. The van der Waals surface area contributed by atoms with E-state index in [-0.39, 0.29) is 24.0 Å². The van der Waals surface area contributed by atoms with Crippen molar-refractivity contribution in [1.82, 2.24) is 15.6 Å². The minimum atomic E-state index is -0.623. The average molecular weight is 510 g/mol. The third-order valence-electron chi connectivity index (χ3n) is 3.42. The lowest BCUT2D eigenvalue weighted by Crippen LogP contribution is -2.39. The van der Waals surface area contributed by atoms with Crippen molar-refractivity contribution in [2.45, 2.75) is 19.6 Å². The Balaban J connectivity index is 0.00000338. The van der Waals surface area contributed by atoms with Crippen LogP contribution in [0.1, 0.15) is 23.5 Å². The van der Waals surface area contributed by atoms with E-state index in [1.165, 1.54) is 11.3 Å². The van der Waals surface area contributed by atoms with Crippen LogP contribution in [0.3, 0.4) is 0 Å². The van der Waals surface area contributed by atoms with Crippen LogP contribution < -0.4 is 15.5 Å². The smallest absolute Gasteiger partial charge is 0.191 e. The zero-order valence-electron chi connectivity index (χ0n) is 15.1. The summed E-state index contributed by atoms with van der Waals surface area (Å²) in [5.74, 6) is 1.56. The third kappa shape index (κ3) is 7.26. The van der Waals surface area contributed by atoms with Crippen LogP contribution in [0.4, 0.5) is 5.82 Å². The van der Waals surface area contributed by atoms with Crippen LogP contribution in [0, 0.1) is 0 Å². The fraction of sp³-hybridized carbons (Fsp3) is 0.412. The molecule has 0 spiro atoms. The second-order valence-corrected chi connectivity index (χ2v) is 7.40. The number of aliphatic imine (C=N–C) groups is 1. The molecule has 1 unspecified atom stereocenters. The second kappa shape index (κ2) is 11.6. The molecular weight excluding hydrogens is 485 g/mol. The van der Waals surface area contributed by atoms with Crippen molar-refractivity contribution >= 4 is 58.7 Å². The van der Waals surface area contributed by atoms with Crippen LogP contribution in [-0.4, -0.2) is 43.2 Å². The Morgan fingerprint density at radius 3 is 2.73 bits per heavy atom. The summed E-state index contributed by atoms with van der Waals surface area (Å²) in [5, 5.41) is 16.6. The Morgan fingerprint density at radius 1 is 1.35 bits per heavy atom. The molecule has 2 heterocycles. The lowest BCUT2D eigenvalue weighted by atomic mass is 10.2. The number of guanidine groups is 1. The van der Waals surface area contributed by atoms with Crippen molar-refractivity contribution in [3.8, 4) is 0 Å². The summed E-state index contributed by atoms with van der Waals surface area (Å²) in [5.41, 5.74) is 1.07. The van der Waals surface area contributed by atoms with Crippen LogP contribution in [0.25, 0.3) is 0 Å². The fourth-order valence-corrected chi connectivity index (χ4v) is 3.16. The van der Waals surface area contributed by atoms with Crippen molar-refractivity contribution in [3.05, 3.63) is 45.2 Å². The minimum Gasteiger partial charge on any atom is -0.386 e. The molecule has 0 radical (unpaired) electrons. The quantitative estimate of drug-likeness (QED) is 0.304. The van der Waals surface area contributed by atoms with E-state index in [0.29, 0.717) is 23.4 Å². The lowest BCUT2D eigenvalue weighted by Gasteiger charge is -2.15. The molecule has 0 saturated heterocycles. The molecule has 3 N–H and O–H groups in total. The number of aliphatic hydroxyl groups excluding tert-OH is 1. The molecule has 144 valence electrons. The van der Waals surface area contributed by atoms with Gasteiger partial charge in [-0.15, -0.1) is 35.3 Å². The molecule has 0 aliphatic rings. The van der Waals surface area contributed by atoms with E-state index in [0.717, 1.165) is 22.8 Å². The van der Waals surface area contributed by atoms with Gasteiger partial charge in [0.15, 0.2) is 5.96 Å². The minimum absolute atomic E-state index is 0.